The van der Waals surface area contributed by atoms with E-state index >= 15 is 0 Å². The standard InChI is InChI=1S/C40H43BrN2O6/c1-7-48-33-20-28(19-29(41)37(33)49-22-27-11-9-8-10-12-27)34-35(38(45)42-30-17-23(2)13-15-25(30)4)32(44)21-40(6,47)36(34)39(46)43-31-18-24(3)14-16-26(31)5/h8-20,34-36,47H,7,21-22H2,1-6H3,(H,42,45)(H,43,46). The topological polar surface area (TPSA) is 114 Å². The molecule has 9 heteroatoms. The molecule has 3 N–H and O–H groups in total. The van der Waals surface area contributed by atoms with Crippen LogP contribution in [0.25, 0.3) is 0 Å². The van der Waals surface area contributed by atoms with Gasteiger partial charge in [0.2, 0.25) is 11.8 Å². The minimum atomic E-state index is -1.78. The summed E-state index contributed by atoms with van der Waals surface area (Å²) >= 11 is 3.65. The number of carbonyl (C=O) groups excluding carboxylic acids is 3. The summed E-state index contributed by atoms with van der Waals surface area (Å²) < 4.78 is 12.8. The van der Waals surface area contributed by atoms with Crippen molar-refractivity contribution in [3.05, 3.63) is 117 Å². The molecule has 4 aromatic rings. The van der Waals surface area contributed by atoms with Crippen molar-refractivity contribution in [2.24, 2.45) is 11.8 Å². The largest absolute Gasteiger partial charge is 0.490 e. The first-order valence-corrected chi connectivity index (χ1v) is 17.2. The third kappa shape index (κ3) is 8.06. The fraction of sp³-hybridized carbons (Fsp3) is 0.325. The highest BCUT2D eigenvalue weighted by Crippen LogP contribution is 2.50. The molecule has 0 bridgehead atoms. The van der Waals surface area contributed by atoms with Crippen LogP contribution in [-0.2, 0) is 21.0 Å². The molecule has 1 aliphatic carbocycles. The molecule has 4 unspecified atom stereocenters. The van der Waals surface area contributed by atoms with Gasteiger partial charge in [-0.3, -0.25) is 14.4 Å². The number of ketones is 1. The van der Waals surface area contributed by atoms with Crippen LogP contribution in [0.15, 0.2) is 83.3 Å². The van der Waals surface area contributed by atoms with E-state index in [1.54, 1.807) is 12.1 Å². The van der Waals surface area contributed by atoms with Crippen molar-refractivity contribution in [1.29, 1.82) is 0 Å². The number of hydrogen-bond acceptors (Lipinski definition) is 6. The number of hydrogen-bond donors (Lipinski definition) is 3. The van der Waals surface area contributed by atoms with Crippen LogP contribution in [0.2, 0.25) is 0 Å². The molecule has 4 atom stereocenters. The molecular weight excluding hydrogens is 684 g/mol. The second kappa shape index (κ2) is 15.0. The molecule has 1 fully saturated rings. The second-order valence-corrected chi connectivity index (χ2v) is 14.0. The first kappa shape index (κ1) is 35.8. The molecule has 256 valence electrons. The molecule has 8 nitrogen and oxygen atoms in total. The lowest BCUT2D eigenvalue weighted by Crippen LogP contribution is -2.56. The van der Waals surface area contributed by atoms with Crippen LogP contribution in [0.4, 0.5) is 11.4 Å². The number of halogens is 1. The number of aryl methyl sites for hydroxylation is 4. The van der Waals surface area contributed by atoms with Gasteiger partial charge < -0.3 is 25.2 Å². The Hall–Kier alpha value is -4.47. The molecule has 0 heterocycles. The number of carbonyl (C=O) groups is 3. The number of rotatable bonds is 10. The molecule has 0 radical (unpaired) electrons. The maximum atomic E-state index is 14.4. The van der Waals surface area contributed by atoms with Gasteiger partial charge in [0.1, 0.15) is 18.3 Å². The third-order valence-electron chi connectivity index (χ3n) is 9.08. The van der Waals surface area contributed by atoms with Crippen LogP contribution in [-0.4, -0.2) is 34.9 Å². The molecule has 0 aliphatic heterocycles. The first-order valence-electron chi connectivity index (χ1n) is 16.4. The van der Waals surface area contributed by atoms with Gasteiger partial charge in [0.15, 0.2) is 11.5 Å². The fourth-order valence-corrected chi connectivity index (χ4v) is 7.14. The first-order chi connectivity index (χ1) is 23.3. The van der Waals surface area contributed by atoms with Gasteiger partial charge in [-0.15, -0.1) is 0 Å². The molecule has 0 spiro atoms. The normalized spacial score (nSPS) is 20.4. The maximum Gasteiger partial charge on any atom is 0.235 e. The summed E-state index contributed by atoms with van der Waals surface area (Å²) in [5.74, 6) is -4.26. The molecule has 0 saturated heterocycles. The molecule has 4 aromatic carbocycles. The van der Waals surface area contributed by atoms with Crippen LogP contribution in [0.5, 0.6) is 11.5 Å². The van der Waals surface area contributed by atoms with E-state index in [0.29, 0.717) is 39.5 Å². The Kier molecular flexibility index (Phi) is 10.9. The number of nitrogens with one attached hydrogen (secondary N) is 2. The predicted octanol–water partition coefficient (Wildman–Crippen LogP) is 7.98. The van der Waals surface area contributed by atoms with Gasteiger partial charge in [0.05, 0.1) is 22.6 Å². The summed E-state index contributed by atoms with van der Waals surface area (Å²) in [4.78, 5) is 42.7. The smallest absolute Gasteiger partial charge is 0.235 e. The van der Waals surface area contributed by atoms with Crippen LogP contribution in [0.1, 0.15) is 59.6 Å². The number of anilines is 2. The Labute approximate surface area is 296 Å². The summed E-state index contributed by atoms with van der Waals surface area (Å²) in [7, 11) is 0. The molecule has 0 aromatic heterocycles. The lowest BCUT2D eigenvalue weighted by atomic mass is 9.61. The van der Waals surface area contributed by atoms with Gasteiger partial charge in [-0.25, -0.2) is 0 Å². The van der Waals surface area contributed by atoms with Crippen LogP contribution in [0.3, 0.4) is 0 Å². The number of aliphatic hydroxyl groups is 1. The van der Waals surface area contributed by atoms with Gasteiger partial charge >= 0.3 is 0 Å². The number of amides is 2. The van der Waals surface area contributed by atoms with Crippen LogP contribution in [0, 0.1) is 39.5 Å². The highest BCUT2D eigenvalue weighted by molar-refractivity contribution is 9.10. The monoisotopic (exact) mass is 726 g/mol. The van der Waals surface area contributed by atoms with Crippen molar-refractivity contribution >= 4 is 44.9 Å². The average molecular weight is 728 g/mol. The number of benzene rings is 4. The van der Waals surface area contributed by atoms with E-state index in [2.05, 4.69) is 26.6 Å². The minimum Gasteiger partial charge on any atom is -0.490 e. The summed E-state index contributed by atoms with van der Waals surface area (Å²) in [6.07, 6.45) is -0.378. The second-order valence-electron chi connectivity index (χ2n) is 13.1. The molecule has 1 aliphatic rings. The third-order valence-corrected chi connectivity index (χ3v) is 9.67. The summed E-state index contributed by atoms with van der Waals surface area (Å²) in [5, 5.41) is 17.9. The average Bonchev–Trinajstić information content (AvgIpc) is 3.03. The lowest BCUT2D eigenvalue weighted by molar-refractivity contribution is -0.150. The predicted molar refractivity (Wildman–Crippen MR) is 195 cm³/mol. The van der Waals surface area contributed by atoms with Crippen molar-refractivity contribution in [2.75, 3.05) is 17.2 Å². The van der Waals surface area contributed by atoms with Gasteiger partial charge in [-0.05, 0) is 115 Å². The molecular formula is C40H43BrN2O6. The maximum absolute atomic E-state index is 14.4. The Balaban J connectivity index is 1.63. The van der Waals surface area contributed by atoms with Crippen LogP contribution >= 0.6 is 15.9 Å². The zero-order valence-corrected chi connectivity index (χ0v) is 30.3. The summed E-state index contributed by atoms with van der Waals surface area (Å²) in [5.41, 5.74) is 4.38. The molecule has 2 amide bonds. The van der Waals surface area contributed by atoms with E-state index in [9.17, 15) is 19.5 Å². The van der Waals surface area contributed by atoms with E-state index < -0.39 is 41.0 Å². The van der Waals surface area contributed by atoms with E-state index in [1.807, 2.05) is 101 Å². The van der Waals surface area contributed by atoms with Crippen molar-refractivity contribution in [2.45, 2.75) is 66.1 Å². The van der Waals surface area contributed by atoms with Crippen molar-refractivity contribution < 1.29 is 29.0 Å². The highest BCUT2D eigenvalue weighted by Gasteiger charge is 2.56. The Morgan fingerprint density at radius 1 is 0.857 bits per heavy atom. The Bertz CT molecular complexity index is 1870. The van der Waals surface area contributed by atoms with Gasteiger partial charge in [-0.1, -0.05) is 54.6 Å². The quantitative estimate of drug-likeness (QED) is 0.143. The lowest BCUT2D eigenvalue weighted by Gasteiger charge is -2.44. The van der Waals surface area contributed by atoms with Gasteiger partial charge in [0, 0.05) is 23.7 Å². The zero-order valence-electron chi connectivity index (χ0n) is 28.7. The molecule has 5 rings (SSSR count). The van der Waals surface area contributed by atoms with E-state index in [-0.39, 0.29) is 13.0 Å². The minimum absolute atomic E-state index is 0.275. The Morgan fingerprint density at radius 3 is 2.04 bits per heavy atom. The van der Waals surface area contributed by atoms with Crippen molar-refractivity contribution in [1.82, 2.24) is 0 Å². The van der Waals surface area contributed by atoms with E-state index in [0.717, 1.165) is 27.8 Å². The van der Waals surface area contributed by atoms with Crippen LogP contribution < -0.4 is 20.1 Å². The molecule has 1 saturated carbocycles. The van der Waals surface area contributed by atoms with Gasteiger partial charge in [-0.2, -0.15) is 0 Å². The highest BCUT2D eigenvalue weighted by atomic mass is 79.9. The fourth-order valence-electron chi connectivity index (χ4n) is 6.57. The SMILES string of the molecule is CCOc1cc(C2C(C(=O)Nc3cc(C)ccc3C)C(=O)CC(C)(O)C2C(=O)Nc2cc(C)ccc2C)cc(Br)c1OCc1ccccc1. The summed E-state index contributed by atoms with van der Waals surface area (Å²) in [6, 6.07) is 24.6. The van der Waals surface area contributed by atoms with Crippen molar-refractivity contribution in [3.8, 4) is 11.5 Å². The van der Waals surface area contributed by atoms with Crippen molar-refractivity contribution in [3.63, 3.8) is 0 Å². The number of Topliss-reactive ketones (excluding diaryl/α,β-unsaturated/α-hetero) is 1. The van der Waals surface area contributed by atoms with Gasteiger partial charge in [0.25, 0.3) is 0 Å². The zero-order chi connectivity index (χ0) is 35.5. The Morgan fingerprint density at radius 2 is 1.45 bits per heavy atom. The number of ether oxygens (including phenoxy) is 2. The summed E-state index contributed by atoms with van der Waals surface area (Å²) in [6.45, 7) is 11.5. The molecule has 49 heavy (non-hydrogen) atoms. The van der Waals surface area contributed by atoms with E-state index in [4.69, 9.17) is 9.47 Å². The van der Waals surface area contributed by atoms with E-state index in [1.165, 1.54) is 6.92 Å².